The largest absolute Gasteiger partial charge is 0.314 e. The highest BCUT2D eigenvalue weighted by Crippen LogP contribution is 2.51. The molecule has 0 fully saturated rings. The van der Waals surface area contributed by atoms with Crippen LogP contribution in [-0.4, -0.2) is 38.5 Å². The van der Waals surface area contributed by atoms with Gasteiger partial charge in [-0.05, 0) is 69.9 Å². The molecule has 20 heavy (non-hydrogen) atoms. The van der Waals surface area contributed by atoms with Crippen molar-refractivity contribution >= 4 is 11.6 Å². The second kappa shape index (κ2) is 4.88. The Morgan fingerprint density at radius 1 is 1.35 bits per heavy atom. The first-order chi connectivity index (χ1) is 9.56. The maximum Gasteiger partial charge on any atom is 0.237 e. The van der Waals surface area contributed by atoms with Crippen molar-refractivity contribution in [3.63, 3.8) is 0 Å². The number of likely N-dealkylation sites (N-methyl/N-ethyl adjacent to an activating group) is 1. The van der Waals surface area contributed by atoms with Crippen molar-refractivity contribution in [2.75, 3.05) is 32.6 Å². The minimum atomic E-state index is -0.227. The highest BCUT2D eigenvalue weighted by molar-refractivity contribution is 6.08. The van der Waals surface area contributed by atoms with Crippen molar-refractivity contribution < 1.29 is 4.79 Å². The van der Waals surface area contributed by atoms with Gasteiger partial charge >= 0.3 is 0 Å². The summed E-state index contributed by atoms with van der Waals surface area (Å²) >= 11 is 0. The van der Waals surface area contributed by atoms with Gasteiger partial charge in [0.25, 0.3) is 0 Å². The molecule has 2 aliphatic rings. The number of amides is 1. The first kappa shape index (κ1) is 13.6. The molecule has 0 spiro atoms. The molecule has 1 aliphatic heterocycles. The maximum absolute atomic E-state index is 12.9. The number of aryl methyl sites for hydroxylation is 1. The molecule has 1 aromatic carbocycles. The molecule has 108 valence electrons. The molecule has 1 atom stereocenters. The molecule has 0 saturated heterocycles. The Morgan fingerprint density at radius 2 is 2.15 bits per heavy atom. The van der Waals surface area contributed by atoms with E-state index in [0.717, 1.165) is 44.3 Å². The van der Waals surface area contributed by atoms with Gasteiger partial charge < -0.3 is 9.80 Å². The zero-order chi connectivity index (χ0) is 14.3. The van der Waals surface area contributed by atoms with Crippen LogP contribution in [-0.2, 0) is 16.6 Å². The predicted molar refractivity (Wildman–Crippen MR) is 82.3 cm³/mol. The first-order valence-electron chi connectivity index (χ1n) is 7.61. The molecular formula is C17H24N2O. The summed E-state index contributed by atoms with van der Waals surface area (Å²) in [6, 6.07) is 6.42. The topological polar surface area (TPSA) is 23.6 Å². The molecular weight excluding hydrogens is 248 g/mol. The summed E-state index contributed by atoms with van der Waals surface area (Å²) < 4.78 is 0. The van der Waals surface area contributed by atoms with E-state index in [1.54, 1.807) is 0 Å². The SMILES string of the molecule is CN(C)CCCC12CCCc3cccc(c31)N(C)C2=O. The number of anilines is 1. The van der Waals surface area contributed by atoms with Gasteiger partial charge in [-0.1, -0.05) is 12.1 Å². The maximum atomic E-state index is 12.9. The number of carbonyl (C=O) groups excluding carboxylic acids is 1. The van der Waals surface area contributed by atoms with Crippen LogP contribution >= 0.6 is 0 Å². The summed E-state index contributed by atoms with van der Waals surface area (Å²) in [5.74, 6) is 0.318. The van der Waals surface area contributed by atoms with E-state index in [0.29, 0.717) is 5.91 Å². The normalized spacial score (nSPS) is 24.4. The molecule has 1 heterocycles. The third kappa shape index (κ3) is 1.87. The summed E-state index contributed by atoms with van der Waals surface area (Å²) in [4.78, 5) is 17.0. The molecule has 3 rings (SSSR count). The van der Waals surface area contributed by atoms with E-state index < -0.39 is 0 Å². The highest BCUT2D eigenvalue weighted by Gasteiger charge is 2.51. The van der Waals surface area contributed by atoms with E-state index in [1.165, 1.54) is 11.1 Å². The average molecular weight is 272 g/mol. The molecule has 1 aromatic rings. The highest BCUT2D eigenvalue weighted by atomic mass is 16.2. The molecule has 1 unspecified atom stereocenters. The lowest BCUT2D eigenvalue weighted by Gasteiger charge is -2.33. The number of nitrogens with zero attached hydrogens (tertiary/aromatic N) is 2. The summed E-state index contributed by atoms with van der Waals surface area (Å²) in [5.41, 5.74) is 3.67. The number of rotatable bonds is 4. The lowest BCUT2D eigenvalue weighted by Crippen LogP contribution is -2.41. The van der Waals surface area contributed by atoms with E-state index in [1.807, 2.05) is 11.9 Å². The summed E-state index contributed by atoms with van der Waals surface area (Å²) in [5, 5.41) is 0. The lowest BCUT2D eigenvalue weighted by molar-refractivity contribution is -0.123. The zero-order valence-electron chi connectivity index (χ0n) is 12.8. The predicted octanol–water partition coefficient (Wildman–Crippen LogP) is 2.58. The van der Waals surface area contributed by atoms with Crippen LogP contribution in [0.1, 0.15) is 36.8 Å². The van der Waals surface area contributed by atoms with Gasteiger partial charge in [0.2, 0.25) is 5.91 Å². The van der Waals surface area contributed by atoms with Crippen LogP contribution in [0.15, 0.2) is 18.2 Å². The van der Waals surface area contributed by atoms with Crippen molar-refractivity contribution in [3.05, 3.63) is 29.3 Å². The molecule has 1 amide bonds. The number of hydrogen-bond acceptors (Lipinski definition) is 2. The molecule has 0 saturated carbocycles. The van der Waals surface area contributed by atoms with Gasteiger partial charge in [0.1, 0.15) is 0 Å². The Labute approximate surface area is 121 Å². The molecule has 1 aliphatic carbocycles. The second-order valence-corrected chi connectivity index (χ2v) is 6.52. The van der Waals surface area contributed by atoms with E-state index in [4.69, 9.17) is 0 Å². The fraction of sp³-hybridized carbons (Fsp3) is 0.588. The fourth-order valence-electron chi connectivity index (χ4n) is 4.03. The number of hydrogen-bond donors (Lipinski definition) is 0. The van der Waals surface area contributed by atoms with E-state index in [-0.39, 0.29) is 5.41 Å². The molecule has 0 bridgehead atoms. The monoisotopic (exact) mass is 272 g/mol. The van der Waals surface area contributed by atoms with Crippen LogP contribution in [0.25, 0.3) is 0 Å². The van der Waals surface area contributed by atoms with Gasteiger partial charge in [-0.3, -0.25) is 4.79 Å². The summed E-state index contributed by atoms with van der Waals surface area (Å²) in [6.07, 6.45) is 5.35. The quantitative estimate of drug-likeness (QED) is 0.841. The van der Waals surface area contributed by atoms with Crippen LogP contribution < -0.4 is 4.90 Å². The minimum absolute atomic E-state index is 0.227. The van der Waals surface area contributed by atoms with Gasteiger partial charge in [-0.25, -0.2) is 0 Å². The molecule has 3 nitrogen and oxygen atoms in total. The van der Waals surface area contributed by atoms with Crippen molar-refractivity contribution in [2.45, 2.75) is 37.5 Å². The van der Waals surface area contributed by atoms with Crippen molar-refractivity contribution in [1.29, 1.82) is 0 Å². The Morgan fingerprint density at radius 3 is 2.90 bits per heavy atom. The van der Waals surface area contributed by atoms with E-state index >= 15 is 0 Å². The van der Waals surface area contributed by atoms with Crippen LogP contribution in [0.5, 0.6) is 0 Å². The first-order valence-corrected chi connectivity index (χ1v) is 7.61. The van der Waals surface area contributed by atoms with Gasteiger partial charge in [-0.2, -0.15) is 0 Å². The van der Waals surface area contributed by atoms with Crippen molar-refractivity contribution in [1.82, 2.24) is 4.90 Å². The Hall–Kier alpha value is -1.35. The van der Waals surface area contributed by atoms with E-state index in [9.17, 15) is 4.79 Å². The molecule has 0 radical (unpaired) electrons. The Balaban J connectivity index is 1.99. The minimum Gasteiger partial charge on any atom is -0.314 e. The van der Waals surface area contributed by atoms with Crippen LogP contribution in [0.3, 0.4) is 0 Å². The third-order valence-electron chi connectivity index (χ3n) is 4.94. The van der Waals surface area contributed by atoms with Crippen LogP contribution in [0.4, 0.5) is 5.69 Å². The summed E-state index contributed by atoms with van der Waals surface area (Å²) in [6.45, 7) is 1.05. The van der Waals surface area contributed by atoms with Crippen LogP contribution in [0, 0.1) is 0 Å². The summed E-state index contributed by atoms with van der Waals surface area (Å²) in [7, 11) is 6.13. The van der Waals surface area contributed by atoms with Gasteiger partial charge in [0.05, 0.1) is 5.41 Å². The smallest absolute Gasteiger partial charge is 0.237 e. The Kier molecular flexibility index (Phi) is 3.33. The van der Waals surface area contributed by atoms with Gasteiger partial charge in [-0.15, -0.1) is 0 Å². The Bertz CT molecular complexity index is 538. The third-order valence-corrected chi connectivity index (χ3v) is 4.94. The number of carbonyl (C=O) groups is 1. The van der Waals surface area contributed by atoms with Gasteiger partial charge in [0.15, 0.2) is 0 Å². The van der Waals surface area contributed by atoms with Crippen molar-refractivity contribution in [3.8, 4) is 0 Å². The average Bonchev–Trinajstić information content (AvgIpc) is 2.64. The van der Waals surface area contributed by atoms with Gasteiger partial charge in [0, 0.05) is 12.7 Å². The number of benzene rings is 1. The second-order valence-electron chi connectivity index (χ2n) is 6.52. The fourth-order valence-corrected chi connectivity index (χ4v) is 4.03. The molecule has 0 N–H and O–H groups in total. The van der Waals surface area contributed by atoms with Crippen molar-refractivity contribution in [2.24, 2.45) is 0 Å². The molecule has 3 heteroatoms. The molecule has 0 aromatic heterocycles. The van der Waals surface area contributed by atoms with E-state index in [2.05, 4.69) is 37.2 Å². The zero-order valence-corrected chi connectivity index (χ0v) is 12.8. The standard InChI is InChI=1S/C17H24N2O/c1-18(2)12-6-11-17-10-5-8-13-7-4-9-14(15(13)17)19(3)16(17)20/h4,7,9H,5-6,8,10-12H2,1-3H3. The lowest BCUT2D eigenvalue weighted by atomic mass is 9.68. The van der Waals surface area contributed by atoms with Crippen LogP contribution in [0.2, 0.25) is 0 Å².